The van der Waals surface area contributed by atoms with Gasteiger partial charge in [0.25, 0.3) is 5.91 Å². The molecule has 0 radical (unpaired) electrons. The molecule has 31 heavy (non-hydrogen) atoms. The average molecular weight is 417 g/mol. The van der Waals surface area contributed by atoms with Crippen molar-refractivity contribution < 1.29 is 10.0 Å². The summed E-state index contributed by atoms with van der Waals surface area (Å²) in [4.78, 5) is 13.7. The van der Waals surface area contributed by atoms with Crippen molar-refractivity contribution in [1.82, 2.24) is 20.2 Å². The Labute approximate surface area is 182 Å². The molecule has 160 valence electrons. The van der Waals surface area contributed by atoms with E-state index in [1.807, 2.05) is 28.9 Å². The quantitative estimate of drug-likeness (QED) is 0.367. The summed E-state index contributed by atoms with van der Waals surface area (Å²) in [6.45, 7) is 5.15. The van der Waals surface area contributed by atoms with E-state index in [9.17, 15) is 4.79 Å². The molecule has 0 atom stereocenters. The maximum Gasteiger partial charge on any atom is 0.267 e. The Hall–Kier alpha value is -3.22. The third-order valence-corrected chi connectivity index (χ3v) is 5.88. The molecule has 1 aliphatic rings. The van der Waals surface area contributed by atoms with E-state index >= 15 is 0 Å². The molecule has 2 N–H and O–H groups in total. The lowest BCUT2D eigenvalue weighted by molar-refractivity contribution is -0.124. The molecule has 3 aromatic rings. The van der Waals surface area contributed by atoms with Gasteiger partial charge in [0.1, 0.15) is 0 Å². The predicted molar refractivity (Wildman–Crippen MR) is 121 cm³/mol. The van der Waals surface area contributed by atoms with Gasteiger partial charge in [0.05, 0.1) is 11.4 Å². The van der Waals surface area contributed by atoms with Crippen molar-refractivity contribution in [3.63, 3.8) is 0 Å². The van der Waals surface area contributed by atoms with Crippen LogP contribution in [0.2, 0.25) is 0 Å². The summed E-state index contributed by atoms with van der Waals surface area (Å²) in [5, 5.41) is 13.3. The van der Waals surface area contributed by atoms with Crippen LogP contribution in [0.25, 0.3) is 11.8 Å². The van der Waals surface area contributed by atoms with Crippen molar-refractivity contribution in [3.05, 3.63) is 88.8 Å². The van der Waals surface area contributed by atoms with E-state index in [0.29, 0.717) is 0 Å². The average Bonchev–Trinajstić information content (AvgIpc) is 3.05. The number of nitrogens with one attached hydrogen (secondary N) is 1. The Kier molecular flexibility index (Phi) is 6.60. The summed E-state index contributed by atoms with van der Waals surface area (Å²) in [6.07, 6.45) is 8.21. The van der Waals surface area contributed by atoms with E-state index in [0.717, 1.165) is 55.8 Å². The highest BCUT2D eigenvalue weighted by Crippen LogP contribution is 2.20. The maximum absolute atomic E-state index is 11.2. The van der Waals surface area contributed by atoms with Gasteiger partial charge in [-0.25, -0.2) is 10.2 Å². The molecule has 0 saturated carbocycles. The summed E-state index contributed by atoms with van der Waals surface area (Å²) < 4.78 is 1.97. The van der Waals surface area contributed by atoms with E-state index in [1.54, 1.807) is 11.6 Å². The van der Waals surface area contributed by atoms with Gasteiger partial charge in [0.15, 0.2) is 0 Å². The topological polar surface area (TPSA) is 70.4 Å². The molecule has 1 aliphatic heterocycles. The predicted octanol–water partition coefficient (Wildman–Crippen LogP) is 3.34. The first-order chi connectivity index (χ1) is 15.1. The summed E-state index contributed by atoms with van der Waals surface area (Å²) in [7, 11) is 0. The molecule has 0 spiro atoms. The molecule has 0 bridgehead atoms. The van der Waals surface area contributed by atoms with E-state index in [2.05, 4.69) is 47.4 Å². The van der Waals surface area contributed by atoms with Gasteiger partial charge in [0, 0.05) is 31.9 Å². The van der Waals surface area contributed by atoms with E-state index in [4.69, 9.17) is 5.21 Å². The molecule has 1 amide bonds. The van der Waals surface area contributed by atoms with Gasteiger partial charge in [-0.2, -0.15) is 5.10 Å². The minimum absolute atomic E-state index is 0.521. The molecule has 6 heteroatoms. The highest BCUT2D eigenvalue weighted by atomic mass is 16.5. The van der Waals surface area contributed by atoms with Gasteiger partial charge < -0.3 is 4.90 Å². The first kappa shape index (κ1) is 21.0. The standard InChI is InChI=1S/C25H28N4O2/c1-19-23(18-29(26-19)24-5-3-2-4-6-24)13-16-28-14-11-21-9-7-20(8-10-25(30)27-31)17-22(21)12-15-28/h2-10,17-18,31H,11-16H2,1H3,(H,27,30). The normalized spacial score (nSPS) is 14.4. The number of para-hydroxylation sites is 1. The van der Waals surface area contributed by atoms with Gasteiger partial charge in [0.2, 0.25) is 0 Å². The van der Waals surface area contributed by atoms with Gasteiger partial charge in [-0.3, -0.25) is 10.0 Å². The number of rotatable bonds is 6. The van der Waals surface area contributed by atoms with Crippen LogP contribution in [0, 0.1) is 6.92 Å². The first-order valence-corrected chi connectivity index (χ1v) is 10.7. The SMILES string of the molecule is Cc1nn(-c2ccccc2)cc1CCN1CCc2ccc(C=CC(=O)NO)cc2CC1. The van der Waals surface area contributed by atoms with Crippen LogP contribution in [-0.4, -0.2) is 45.4 Å². The Morgan fingerprint density at radius 1 is 1.13 bits per heavy atom. The van der Waals surface area contributed by atoms with Crippen LogP contribution in [0.3, 0.4) is 0 Å². The zero-order valence-electron chi connectivity index (χ0n) is 17.8. The van der Waals surface area contributed by atoms with E-state index < -0.39 is 5.91 Å². The van der Waals surface area contributed by atoms with Crippen molar-refractivity contribution in [1.29, 1.82) is 0 Å². The molecule has 0 unspecified atom stereocenters. The van der Waals surface area contributed by atoms with Crippen LogP contribution >= 0.6 is 0 Å². The van der Waals surface area contributed by atoms with Crippen LogP contribution in [-0.2, 0) is 24.1 Å². The van der Waals surface area contributed by atoms with Gasteiger partial charge in [-0.1, -0.05) is 36.4 Å². The fourth-order valence-corrected chi connectivity index (χ4v) is 4.06. The fourth-order valence-electron chi connectivity index (χ4n) is 4.06. The van der Waals surface area contributed by atoms with Crippen molar-refractivity contribution in [2.45, 2.75) is 26.2 Å². The number of nitrogens with zero attached hydrogens (tertiary/aromatic N) is 3. The molecule has 0 aliphatic carbocycles. The molecule has 0 saturated heterocycles. The minimum Gasteiger partial charge on any atom is -0.302 e. The second kappa shape index (κ2) is 9.73. The largest absolute Gasteiger partial charge is 0.302 e. The molecule has 2 heterocycles. The van der Waals surface area contributed by atoms with Gasteiger partial charge in [-0.05, 0) is 66.6 Å². The number of carbonyl (C=O) groups is 1. The smallest absolute Gasteiger partial charge is 0.267 e. The van der Waals surface area contributed by atoms with Crippen LogP contribution in [0.5, 0.6) is 0 Å². The maximum atomic E-state index is 11.2. The van der Waals surface area contributed by atoms with Crippen molar-refractivity contribution in [2.75, 3.05) is 19.6 Å². The monoisotopic (exact) mass is 416 g/mol. The fraction of sp³-hybridized carbons (Fsp3) is 0.280. The minimum atomic E-state index is -0.521. The number of fused-ring (bicyclic) bond motifs is 1. The molecule has 2 aromatic carbocycles. The number of aromatic nitrogens is 2. The summed E-state index contributed by atoms with van der Waals surface area (Å²) in [5.41, 5.74) is 8.77. The van der Waals surface area contributed by atoms with Crippen LogP contribution in [0.1, 0.15) is 27.9 Å². The summed E-state index contributed by atoms with van der Waals surface area (Å²) in [5.74, 6) is -0.521. The Morgan fingerprint density at radius 3 is 2.68 bits per heavy atom. The Balaban J connectivity index is 1.37. The lowest BCUT2D eigenvalue weighted by atomic mass is 10.00. The highest BCUT2D eigenvalue weighted by molar-refractivity contribution is 5.90. The highest BCUT2D eigenvalue weighted by Gasteiger charge is 2.15. The van der Waals surface area contributed by atoms with Crippen molar-refractivity contribution >= 4 is 12.0 Å². The van der Waals surface area contributed by atoms with Crippen molar-refractivity contribution in [2.24, 2.45) is 0 Å². The number of hydrogen-bond acceptors (Lipinski definition) is 4. The number of aryl methyl sites for hydroxylation is 1. The van der Waals surface area contributed by atoms with Crippen LogP contribution < -0.4 is 5.48 Å². The summed E-state index contributed by atoms with van der Waals surface area (Å²) >= 11 is 0. The lowest BCUT2D eigenvalue weighted by Gasteiger charge is -2.19. The third-order valence-electron chi connectivity index (χ3n) is 5.88. The second-order valence-electron chi connectivity index (χ2n) is 7.95. The number of benzene rings is 2. The molecular weight excluding hydrogens is 388 g/mol. The second-order valence-corrected chi connectivity index (χ2v) is 7.95. The zero-order chi connectivity index (χ0) is 21.6. The van der Waals surface area contributed by atoms with Gasteiger partial charge in [-0.15, -0.1) is 0 Å². The Bertz CT molecular complexity index is 1070. The number of hydrogen-bond donors (Lipinski definition) is 2. The van der Waals surface area contributed by atoms with Crippen LogP contribution in [0.4, 0.5) is 0 Å². The van der Waals surface area contributed by atoms with E-state index in [-0.39, 0.29) is 0 Å². The van der Waals surface area contributed by atoms with Gasteiger partial charge >= 0.3 is 0 Å². The Morgan fingerprint density at radius 2 is 1.90 bits per heavy atom. The molecule has 6 nitrogen and oxygen atoms in total. The van der Waals surface area contributed by atoms with Crippen LogP contribution in [0.15, 0.2) is 60.8 Å². The first-order valence-electron chi connectivity index (χ1n) is 10.7. The molecule has 1 aromatic heterocycles. The van der Waals surface area contributed by atoms with Crippen molar-refractivity contribution in [3.8, 4) is 5.69 Å². The lowest BCUT2D eigenvalue weighted by Crippen LogP contribution is -2.28. The summed E-state index contributed by atoms with van der Waals surface area (Å²) in [6, 6.07) is 16.6. The number of carbonyl (C=O) groups excluding carboxylic acids is 1. The molecular formula is C25H28N4O2. The van der Waals surface area contributed by atoms with E-state index in [1.165, 1.54) is 22.8 Å². The zero-order valence-corrected chi connectivity index (χ0v) is 17.8. The third kappa shape index (κ3) is 5.29. The number of hydroxylamine groups is 1. The molecule has 0 fully saturated rings. The molecule has 4 rings (SSSR count). The number of amides is 1.